The Morgan fingerprint density at radius 1 is 1.31 bits per heavy atom. The summed E-state index contributed by atoms with van der Waals surface area (Å²) in [4.78, 5) is 16.8. The Morgan fingerprint density at radius 3 is 3.08 bits per heavy atom. The van der Waals surface area contributed by atoms with Crippen LogP contribution >= 0.6 is 11.6 Å². The summed E-state index contributed by atoms with van der Waals surface area (Å²) in [5, 5.41) is 3.76. The third-order valence-electron chi connectivity index (χ3n) is 5.98. The van der Waals surface area contributed by atoms with Gasteiger partial charge >= 0.3 is 0 Å². The van der Waals surface area contributed by atoms with E-state index in [0.717, 1.165) is 61.9 Å². The summed E-state index contributed by atoms with van der Waals surface area (Å²) in [6.07, 6.45) is 4.78. The van der Waals surface area contributed by atoms with Gasteiger partial charge in [0.15, 0.2) is 0 Å². The lowest BCUT2D eigenvalue weighted by Crippen LogP contribution is -2.61. The van der Waals surface area contributed by atoms with Crippen molar-refractivity contribution in [1.29, 1.82) is 0 Å². The van der Waals surface area contributed by atoms with Crippen molar-refractivity contribution in [1.82, 2.24) is 15.1 Å². The van der Waals surface area contributed by atoms with Crippen LogP contribution in [-0.2, 0) is 4.79 Å². The number of fused-ring (bicyclic) bond motifs is 1. The Labute approximate surface area is 159 Å². The molecule has 6 heteroatoms. The van der Waals surface area contributed by atoms with Crippen molar-refractivity contribution >= 4 is 23.6 Å². The van der Waals surface area contributed by atoms with Gasteiger partial charge in [-0.25, -0.2) is 0 Å². The molecular formula is C20H26ClN3O2. The summed E-state index contributed by atoms with van der Waals surface area (Å²) in [6.45, 7) is 5.38. The monoisotopic (exact) mass is 375 g/mol. The topological polar surface area (TPSA) is 44.8 Å². The van der Waals surface area contributed by atoms with Gasteiger partial charge in [-0.1, -0.05) is 11.6 Å². The van der Waals surface area contributed by atoms with Crippen LogP contribution < -0.4 is 10.1 Å². The zero-order valence-electron chi connectivity index (χ0n) is 15.3. The van der Waals surface area contributed by atoms with Crippen molar-refractivity contribution in [3.8, 4) is 5.75 Å². The molecule has 3 aliphatic heterocycles. The molecule has 0 aliphatic carbocycles. The van der Waals surface area contributed by atoms with Crippen LogP contribution in [0, 0.1) is 0 Å². The van der Waals surface area contributed by atoms with E-state index in [4.69, 9.17) is 16.3 Å². The third-order valence-corrected chi connectivity index (χ3v) is 6.22. The average molecular weight is 376 g/mol. The van der Waals surface area contributed by atoms with Crippen LogP contribution in [0.5, 0.6) is 5.75 Å². The first-order valence-corrected chi connectivity index (χ1v) is 9.74. The first kappa shape index (κ1) is 17.8. The third kappa shape index (κ3) is 3.61. The Hall–Kier alpha value is -1.56. The fourth-order valence-electron chi connectivity index (χ4n) is 4.39. The van der Waals surface area contributed by atoms with Crippen LogP contribution in [0.15, 0.2) is 23.8 Å². The fraction of sp³-hybridized carbons (Fsp3) is 0.550. The Kier molecular flexibility index (Phi) is 4.95. The normalized spacial score (nSPS) is 27.3. The zero-order chi connectivity index (χ0) is 18.1. The van der Waals surface area contributed by atoms with E-state index in [-0.39, 0.29) is 11.4 Å². The summed E-state index contributed by atoms with van der Waals surface area (Å²) in [5.41, 5.74) is 2.43. The van der Waals surface area contributed by atoms with Crippen LogP contribution in [0.3, 0.4) is 0 Å². The van der Waals surface area contributed by atoms with E-state index in [1.165, 1.54) is 5.57 Å². The molecule has 3 aliphatic rings. The number of amides is 1. The molecule has 0 saturated carbocycles. The minimum atomic E-state index is 0.0920. The predicted octanol–water partition coefficient (Wildman–Crippen LogP) is 2.40. The molecule has 0 radical (unpaired) electrons. The first-order chi connectivity index (χ1) is 12.5. The molecule has 1 unspecified atom stereocenters. The van der Waals surface area contributed by atoms with Gasteiger partial charge in [-0.05, 0) is 49.7 Å². The number of carbonyl (C=O) groups excluding carboxylic acids is 1. The Balaban J connectivity index is 1.48. The molecule has 2 saturated heterocycles. The average Bonchev–Trinajstić information content (AvgIpc) is 2.80. The molecule has 1 aromatic rings. The van der Waals surface area contributed by atoms with Gasteiger partial charge in [0.1, 0.15) is 12.4 Å². The van der Waals surface area contributed by atoms with Gasteiger partial charge in [-0.15, -0.1) is 0 Å². The number of halogens is 1. The molecular weight excluding hydrogens is 350 g/mol. The highest BCUT2D eigenvalue weighted by molar-refractivity contribution is 6.30. The summed E-state index contributed by atoms with van der Waals surface area (Å²) in [5.74, 6) is 1.09. The quantitative estimate of drug-likeness (QED) is 0.862. The largest absolute Gasteiger partial charge is 0.489 e. The van der Waals surface area contributed by atoms with Crippen LogP contribution in [-0.4, -0.2) is 67.6 Å². The Bertz CT molecular complexity index is 736. The van der Waals surface area contributed by atoms with Crippen molar-refractivity contribution in [2.75, 3.05) is 46.4 Å². The number of hydrogen-bond acceptors (Lipinski definition) is 4. The number of nitrogens with zero attached hydrogens (tertiary/aromatic N) is 2. The van der Waals surface area contributed by atoms with E-state index in [1.807, 2.05) is 18.2 Å². The maximum absolute atomic E-state index is 11.8. The van der Waals surface area contributed by atoms with Gasteiger partial charge in [0.25, 0.3) is 0 Å². The van der Waals surface area contributed by atoms with Gasteiger partial charge < -0.3 is 10.1 Å². The van der Waals surface area contributed by atoms with E-state index in [0.29, 0.717) is 13.0 Å². The SMILES string of the molecule is CN1CCN(CC2=Cc3cc(Cl)ccc3OC2)CC12CCNC(=O)CC2. The molecule has 1 aromatic carbocycles. The number of likely N-dealkylation sites (N-methyl/N-ethyl adjacent to an activating group) is 1. The standard InChI is InChI=1S/C20H26ClN3O2/c1-23-8-9-24(14-20(23)5-4-19(25)22-7-6-20)12-15-10-16-11-17(21)2-3-18(16)26-13-15/h2-3,10-11H,4-9,12-14H2,1H3,(H,22,25). The predicted molar refractivity (Wildman–Crippen MR) is 104 cm³/mol. The van der Waals surface area contributed by atoms with Crippen LogP contribution in [0.25, 0.3) is 6.08 Å². The van der Waals surface area contributed by atoms with E-state index in [1.54, 1.807) is 0 Å². The minimum absolute atomic E-state index is 0.0920. The maximum Gasteiger partial charge on any atom is 0.220 e. The molecule has 1 N–H and O–H groups in total. The molecule has 140 valence electrons. The van der Waals surface area contributed by atoms with E-state index >= 15 is 0 Å². The maximum atomic E-state index is 11.8. The molecule has 0 aromatic heterocycles. The highest BCUT2D eigenvalue weighted by Crippen LogP contribution is 2.32. The van der Waals surface area contributed by atoms with Gasteiger partial charge in [0.2, 0.25) is 5.91 Å². The molecule has 4 rings (SSSR count). The molecule has 2 fully saturated rings. The molecule has 1 spiro atoms. The lowest BCUT2D eigenvalue weighted by Gasteiger charge is -2.49. The van der Waals surface area contributed by atoms with Gasteiger partial charge in [-0.3, -0.25) is 14.6 Å². The number of piperazine rings is 1. The molecule has 1 amide bonds. The summed E-state index contributed by atoms with van der Waals surface area (Å²) in [6, 6.07) is 5.76. The number of rotatable bonds is 2. The minimum Gasteiger partial charge on any atom is -0.489 e. The van der Waals surface area contributed by atoms with Crippen LogP contribution in [0.4, 0.5) is 0 Å². The summed E-state index contributed by atoms with van der Waals surface area (Å²) >= 11 is 6.12. The van der Waals surface area contributed by atoms with Crippen LogP contribution in [0.1, 0.15) is 24.8 Å². The number of ether oxygens (including phenoxy) is 1. The van der Waals surface area contributed by atoms with Crippen molar-refractivity contribution in [3.05, 3.63) is 34.4 Å². The van der Waals surface area contributed by atoms with Crippen molar-refractivity contribution in [3.63, 3.8) is 0 Å². The molecule has 26 heavy (non-hydrogen) atoms. The van der Waals surface area contributed by atoms with Gasteiger partial charge in [-0.2, -0.15) is 0 Å². The highest BCUT2D eigenvalue weighted by Gasteiger charge is 2.40. The van der Waals surface area contributed by atoms with E-state index in [2.05, 4.69) is 28.2 Å². The zero-order valence-corrected chi connectivity index (χ0v) is 16.0. The lowest BCUT2D eigenvalue weighted by atomic mass is 9.86. The molecule has 5 nitrogen and oxygen atoms in total. The number of benzene rings is 1. The number of carbonyl (C=O) groups is 1. The van der Waals surface area contributed by atoms with Crippen molar-refractivity contribution in [2.45, 2.75) is 24.8 Å². The summed E-state index contributed by atoms with van der Waals surface area (Å²) < 4.78 is 5.91. The molecule has 0 bridgehead atoms. The van der Waals surface area contributed by atoms with Gasteiger partial charge in [0, 0.05) is 55.3 Å². The second kappa shape index (κ2) is 7.22. The Morgan fingerprint density at radius 2 is 2.19 bits per heavy atom. The molecule has 1 atom stereocenters. The fourth-order valence-corrected chi connectivity index (χ4v) is 4.57. The summed E-state index contributed by atoms with van der Waals surface area (Å²) in [7, 11) is 2.20. The number of nitrogens with one attached hydrogen (secondary N) is 1. The molecule has 3 heterocycles. The van der Waals surface area contributed by atoms with Crippen molar-refractivity contribution in [2.24, 2.45) is 0 Å². The smallest absolute Gasteiger partial charge is 0.220 e. The second-order valence-electron chi connectivity index (χ2n) is 7.73. The van der Waals surface area contributed by atoms with Crippen LogP contribution in [0.2, 0.25) is 5.02 Å². The number of hydrogen-bond donors (Lipinski definition) is 1. The first-order valence-electron chi connectivity index (χ1n) is 9.36. The second-order valence-corrected chi connectivity index (χ2v) is 8.17. The van der Waals surface area contributed by atoms with Gasteiger partial charge in [0.05, 0.1) is 0 Å². The van der Waals surface area contributed by atoms with Crippen molar-refractivity contribution < 1.29 is 9.53 Å². The lowest BCUT2D eigenvalue weighted by molar-refractivity contribution is -0.121. The van der Waals surface area contributed by atoms with E-state index < -0.39 is 0 Å². The highest BCUT2D eigenvalue weighted by atomic mass is 35.5. The van der Waals surface area contributed by atoms with E-state index in [9.17, 15) is 4.79 Å².